The van der Waals surface area contributed by atoms with E-state index in [4.69, 9.17) is 9.16 Å². The van der Waals surface area contributed by atoms with Crippen LogP contribution in [0.15, 0.2) is 30.3 Å². The maximum absolute atomic E-state index is 12.1. The zero-order valence-corrected chi connectivity index (χ0v) is 20.5. The Balaban J connectivity index is 2.37. The maximum Gasteiger partial charge on any atom is 0.407 e. The number of carboxylic acids is 1. The Hall–Kier alpha value is -2.43. The molecule has 0 aromatic heterocycles. The number of aliphatic hydroxyl groups is 1. The zero-order chi connectivity index (χ0) is 24.4. The standard InChI is InChI=1S/C22H36N2O7Si/c1-22(2,3)32(4,5)31-12-11-18(20(27)28)24-19(26)13-17(25)14-23-21(29)30-15-16-9-7-6-8-10-16/h6-10,17-18,25H,11-15H2,1-5H3,(H,23,29)(H,24,26)(H,27,28)/t17-,18+/m0/s1. The normalized spacial score (nSPS) is 13.7. The van der Waals surface area contributed by atoms with Crippen LogP contribution in [0.4, 0.5) is 4.79 Å². The van der Waals surface area contributed by atoms with Crippen molar-refractivity contribution in [3.8, 4) is 0 Å². The summed E-state index contributed by atoms with van der Waals surface area (Å²) in [7, 11) is -2.02. The molecule has 32 heavy (non-hydrogen) atoms. The molecule has 1 rings (SSSR count). The molecule has 2 atom stereocenters. The van der Waals surface area contributed by atoms with Crippen molar-refractivity contribution in [1.29, 1.82) is 0 Å². The van der Waals surface area contributed by atoms with Crippen LogP contribution >= 0.6 is 0 Å². The van der Waals surface area contributed by atoms with Crippen molar-refractivity contribution >= 4 is 26.3 Å². The monoisotopic (exact) mass is 468 g/mol. The minimum Gasteiger partial charge on any atom is -0.480 e. The summed E-state index contributed by atoms with van der Waals surface area (Å²) >= 11 is 0. The van der Waals surface area contributed by atoms with Crippen LogP contribution in [0.5, 0.6) is 0 Å². The zero-order valence-electron chi connectivity index (χ0n) is 19.5. The predicted octanol–water partition coefficient (Wildman–Crippen LogP) is 2.65. The Labute approximate surface area is 190 Å². The molecule has 0 spiro atoms. The lowest BCUT2D eigenvalue weighted by Gasteiger charge is -2.36. The van der Waals surface area contributed by atoms with Crippen LogP contribution < -0.4 is 10.6 Å². The first-order chi connectivity index (χ1) is 14.8. The summed E-state index contributed by atoms with van der Waals surface area (Å²) in [6.07, 6.45) is -2.14. The van der Waals surface area contributed by atoms with Crippen LogP contribution in [0.1, 0.15) is 39.2 Å². The lowest BCUT2D eigenvalue weighted by Crippen LogP contribution is -2.45. The van der Waals surface area contributed by atoms with Gasteiger partial charge in [-0.15, -0.1) is 0 Å². The second-order valence-electron chi connectivity index (χ2n) is 9.16. The Kier molecular flexibility index (Phi) is 10.8. The van der Waals surface area contributed by atoms with E-state index in [0.29, 0.717) is 0 Å². The van der Waals surface area contributed by atoms with E-state index in [-0.39, 0.29) is 37.6 Å². The Morgan fingerprint density at radius 1 is 1.12 bits per heavy atom. The average molecular weight is 469 g/mol. The first-order valence-electron chi connectivity index (χ1n) is 10.6. The minimum atomic E-state index is -2.02. The van der Waals surface area contributed by atoms with Gasteiger partial charge in [0.15, 0.2) is 8.32 Å². The molecule has 0 saturated heterocycles. The number of ether oxygens (including phenoxy) is 1. The number of benzene rings is 1. The third kappa shape index (κ3) is 10.3. The van der Waals surface area contributed by atoms with Crippen molar-refractivity contribution in [2.45, 2.75) is 70.5 Å². The van der Waals surface area contributed by atoms with Crippen LogP contribution in [0.25, 0.3) is 0 Å². The highest BCUT2D eigenvalue weighted by atomic mass is 28.4. The number of rotatable bonds is 12. The van der Waals surface area contributed by atoms with Gasteiger partial charge < -0.3 is 30.0 Å². The number of carboxylic acid groups (broad SMARTS) is 1. The first-order valence-corrected chi connectivity index (χ1v) is 13.5. The first kappa shape index (κ1) is 27.6. The van der Waals surface area contributed by atoms with Gasteiger partial charge in [-0.25, -0.2) is 9.59 Å². The van der Waals surface area contributed by atoms with Crippen molar-refractivity contribution in [2.24, 2.45) is 0 Å². The molecule has 4 N–H and O–H groups in total. The van der Waals surface area contributed by atoms with E-state index in [1.54, 1.807) is 0 Å². The van der Waals surface area contributed by atoms with Gasteiger partial charge >= 0.3 is 12.1 Å². The van der Waals surface area contributed by atoms with Crippen molar-refractivity contribution < 1.29 is 33.8 Å². The summed E-state index contributed by atoms with van der Waals surface area (Å²) in [5, 5.41) is 24.1. The van der Waals surface area contributed by atoms with Crippen molar-refractivity contribution in [3.05, 3.63) is 35.9 Å². The van der Waals surface area contributed by atoms with Crippen LogP contribution in [-0.2, 0) is 25.4 Å². The van der Waals surface area contributed by atoms with Crippen molar-refractivity contribution in [2.75, 3.05) is 13.2 Å². The molecule has 0 aliphatic rings. The minimum absolute atomic E-state index is 0.00563. The molecular formula is C22H36N2O7Si. The highest BCUT2D eigenvalue weighted by Gasteiger charge is 2.37. The number of carbonyl (C=O) groups is 3. The lowest BCUT2D eigenvalue weighted by molar-refractivity contribution is -0.142. The predicted molar refractivity (Wildman–Crippen MR) is 123 cm³/mol. The van der Waals surface area contributed by atoms with Crippen LogP contribution in [0.2, 0.25) is 18.1 Å². The van der Waals surface area contributed by atoms with Crippen molar-refractivity contribution in [1.82, 2.24) is 10.6 Å². The van der Waals surface area contributed by atoms with Gasteiger partial charge in [0.2, 0.25) is 5.91 Å². The molecule has 180 valence electrons. The fourth-order valence-electron chi connectivity index (χ4n) is 2.42. The van der Waals surface area contributed by atoms with E-state index in [1.807, 2.05) is 30.3 Å². The van der Waals surface area contributed by atoms with E-state index < -0.39 is 38.4 Å². The maximum atomic E-state index is 12.1. The van der Waals surface area contributed by atoms with Gasteiger partial charge in [0.1, 0.15) is 12.6 Å². The smallest absolute Gasteiger partial charge is 0.407 e. The number of carbonyl (C=O) groups excluding carboxylic acids is 2. The van der Waals surface area contributed by atoms with E-state index >= 15 is 0 Å². The molecule has 0 radical (unpaired) electrons. The van der Waals surface area contributed by atoms with E-state index in [9.17, 15) is 24.6 Å². The molecule has 0 aliphatic carbocycles. The summed E-state index contributed by atoms with van der Waals surface area (Å²) in [4.78, 5) is 35.3. The summed E-state index contributed by atoms with van der Waals surface area (Å²) in [6.45, 7) is 10.5. The van der Waals surface area contributed by atoms with Crippen LogP contribution in [-0.4, -0.2) is 61.8 Å². The third-order valence-corrected chi connectivity index (χ3v) is 9.96. The SMILES string of the molecule is CC(C)(C)[Si](C)(C)OCC[C@@H](NC(=O)C[C@H](O)CNC(=O)OCc1ccccc1)C(=O)O. The molecule has 1 aromatic carbocycles. The highest BCUT2D eigenvalue weighted by Crippen LogP contribution is 2.36. The van der Waals surface area contributed by atoms with Crippen LogP contribution in [0.3, 0.4) is 0 Å². The summed E-state index contributed by atoms with van der Waals surface area (Å²) < 4.78 is 11.0. The van der Waals surface area contributed by atoms with E-state index in [1.165, 1.54) is 0 Å². The van der Waals surface area contributed by atoms with E-state index in [0.717, 1.165) is 5.56 Å². The summed E-state index contributed by atoms with van der Waals surface area (Å²) in [5.74, 6) is -1.80. The van der Waals surface area contributed by atoms with Crippen molar-refractivity contribution in [3.63, 3.8) is 0 Å². The molecule has 0 heterocycles. The Morgan fingerprint density at radius 2 is 1.75 bits per heavy atom. The molecule has 0 aliphatic heterocycles. The molecule has 0 fully saturated rings. The van der Waals surface area contributed by atoms with Gasteiger partial charge in [0.25, 0.3) is 0 Å². The number of hydrogen-bond acceptors (Lipinski definition) is 6. The van der Waals surface area contributed by atoms with Gasteiger partial charge in [-0.2, -0.15) is 0 Å². The number of hydrogen-bond donors (Lipinski definition) is 4. The molecule has 0 unspecified atom stereocenters. The number of alkyl carbamates (subject to hydrolysis) is 1. The van der Waals surface area contributed by atoms with Gasteiger partial charge in [-0.3, -0.25) is 4.79 Å². The summed E-state index contributed by atoms with van der Waals surface area (Å²) in [6, 6.07) is 7.99. The number of amides is 2. The Bertz CT molecular complexity index is 750. The van der Waals surface area contributed by atoms with Gasteiger partial charge in [-0.1, -0.05) is 51.1 Å². The topological polar surface area (TPSA) is 134 Å². The molecule has 1 aromatic rings. The number of aliphatic carboxylic acids is 1. The molecule has 2 amide bonds. The second-order valence-corrected chi connectivity index (χ2v) is 14.0. The molecule has 0 saturated carbocycles. The Morgan fingerprint density at radius 3 is 2.31 bits per heavy atom. The van der Waals surface area contributed by atoms with Gasteiger partial charge in [0.05, 0.1) is 12.5 Å². The average Bonchev–Trinajstić information content (AvgIpc) is 2.69. The largest absolute Gasteiger partial charge is 0.480 e. The fraction of sp³-hybridized carbons (Fsp3) is 0.591. The molecule has 10 heteroatoms. The number of aliphatic hydroxyl groups excluding tert-OH is 1. The molecular weight excluding hydrogens is 432 g/mol. The highest BCUT2D eigenvalue weighted by molar-refractivity contribution is 6.74. The van der Waals surface area contributed by atoms with Crippen LogP contribution in [0, 0.1) is 0 Å². The summed E-state index contributed by atoms with van der Waals surface area (Å²) in [5.41, 5.74) is 0.819. The lowest BCUT2D eigenvalue weighted by atomic mass is 10.2. The quantitative estimate of drug-likeness (QED) is 0.346. The van der Waals surface area contributed by atoms with E-state index in [2.05, 4.69) is 44.5 Å². The number of nitrogens with one attached hydrogen (secondary N) is 2. The molecule has 9 nitrogen and oxygen atoms in total. The van der Waals surface area contributed by atoms with Gasteiger partial charge in [-0.05, 0) is 23.7 Å². The molecule has 0 bridgehead atoms. The third-order valence-electron chi connectivity index (χ3n) is 5.42. The fourth-order valence-corrected chi connectivity index (χ4v) is 3.48. The second kappa shape index (κ2) is 12.6. The van der Waals surface area contributed by atoms with Gasteiger partial charge in [0, 0.05) is 19.6 Å².